The summed E-state index contributed by atoms with van der Waals surface area (Å²) >= 11 is 5.98. The third-order valence-electron chi connectivity index (χ3n) is 5.58. The van der Waals surface area contributed by atoms with E-state index >= 15 is 0 Å². The van der Waals surface area contributed by atoms with E-state index in [1.165, 1.54) is 0 Å². The smallest absolute Gasteiger partial charge is 0.317 e. The summed E-state index contributed by atoms with van der Waals surface area (Å²) in [5.74, 6) is 0.165. The molecule has 1 saturated heterocycles. The predicted octanol–water partition coefficient (Wildman–Crippen LogP) is 3.95. The van der Waals surface area contributed by atoms with Gasteiger partial charge in [-0.15, -0.1) is 0 Å². The molecule has 0 unspecified atom stereocenters. The van der Waals surface area contributed by atoms with Crippen LogP contribution in [0.1, 0.15) is 51.0 Å². The van der Waals surface area contributed by atoms with Crippen LogP contribution in [-0.2, 0) is 19.7 Å². The van der Waals surface area contributed by atoms with Crippen LogP contribution < -0.4 is 0 Å². The molecule has 2 aliphatic rings. The number of likely N-dealkylation sites (tertiary alicyclic amines) is 1. The summed E-state index contributed by atoms with van der Waals surface area (Å²) in [6, 6.07) is 7.43. The normalized spacial score (nSPS) is 22.6. The fraction of sp³-hybridized carbons (Fsp3) is 0.600. The molecule has 1 saturated carbocycles. The van der Waals surface area contributed by atoms with E-state index in [0.717, 1.165) is 57.2 Å². The molecule has 2 fully saturated rings. The molecule has 1 aliphatic carbocycles. The Labute approximate surface area is 154 Å². The van der Waals surface area contributed by atoms with Crippen LogP contribution in [0.25, 0.3) is 0 Å². The van der Waals surface area contributed by atoms with Crippen molar-refractivity contribution in [3.05, 3.63) is 34.9 Å². The lowest BCUT2D eigenvalue weighted by molar-refractivity contribution is -0.157. The van der Waals surface area contributed by atoms with E-state index in [0.29, 0.717) is 10.9 Å². The van der Waals surface area contributed by atoms with Gasteiger partial charge in [0.25, 0.3) is 5.91 Å². The highest BCUT2D eigenvalue weighted by Gasteiger charge is 2.44. The van der Waals surface area contributed by atoms with Crippen molar-refractivity contribution < 1.29 is 14.3 Å². The molecule has 1 heterocycles. The average Bonchev–Trinajstić information content (AvgIpc) is 3.11. The molecular formula is C20H26ClNO3. The molecule has 5 heteroatoms. The van der Waals surface area contributed by atoms with E-state index in [9.17, 15) is 9.59 Å². The Morgan fingerprint density at radius 3 is 2.52 bits per heavy atom. The Morgan fingerprint density at radius 2 is 1.88 bits per heavy atom. The minimum atomic E-state index is -0.625. The lowest BCUT2D eigenvalue weighted by atomic mass is 9.79. The lowest BCUT2D eigenvalue weighted by Crippen LogP contribution is -2.43. The molecule has 0 radical (unpaired) electrons. The Morgan fingerprint density at radius 1 is 1.20 bits per heavy atom. The van der Waals surface area contributed by atoms with Crippen molar-refractivity contribution in [1.82, 2.24) is 4.90 Å². The lowest BCUT2D eigenvalue weighted by Gasteiger charge is -2.31. The van der Waals surface area contributed by atoms with E-state index in [-0.39, 0.29) is 18.5 Å². The van der Waals surface area contributed by atoms with Gasteiger partial charge in [-0.05, 0) is 49.3 Å². The molecule has 1 aromatic carbocycles. The minimum Gasteiger partial charge on any atom is -0.455 e. The number of hydrogen-bond acceptors (Lipinski definition) is 3. The van der Waals surface area contributed by atoms with Crippen molar-refractivity contribution in [1.29, 1.82) is 0 Å². The van der Waals surface area contributed by atoms with Crippen LogP contribution in [0, 0.1) is 5.92 Å². The van der Waals surface area contributed by atoms with Crippen LogP contribution in [0.3, 0.4) is 0 Å². The number of nitrogens with zero attached hydrogens (tertiary/aromatic N) is 1. The Hall–Kier alpha value is -1.55. The van der Waals surface area contributed by atoms with Crippen molar-refractivity contribution in [3.63, 3.8) is 0 Å². The number of amides is 1. The fourth-order valence-corrected chi connectivity index (χ4v) is 4.26. The third-order valence-corrected chi connectivity index (χ3v) is 5.83. The van der Waals surface area contributed by atoms with Crippen molar-refractivity contribution in [2.45, 2.75) is 50.9 Å². The first-order valence-corrected chi connectivity index (χ1v) is 9.60. The van der Waals surface area contributed by atoms with E-state index in [4.69, 9.17) is 16.3 Å². The summed E-state index contributed by atoms with van der Waals surface area (Å²) in [6.45, 7) is 3.53. The van der Waals surface area contributed by atoms with Gasteiger partial charge in [-0.2, -0.15) is 0 Å². The summed E-state index contributed by atoms with van der Waals surface area (Å²) in [4.78, 5) is 27.1. The SMILES string of the molecule is C[C@@H]1CCCN(C(=O)COC(=O)C2(c3ccc(Cl)cc3)CCCC2)C1. The van der Waals surface area contributed by atoms with Crippen molar-refractivity contribution >= 4 is 23.5 Å². The van der Waals surface area contributed by atoms with Crippen LogP contribution in [0.5, 0.6) is 0 Å². The number of benzene rings is 1. The van der Waals surface area contributed by atoms with Crippen LogP contribution >= 0.6 is 11.6 Å². The second kappa shape index (κ2) is 7.77. The van der Waals surface area contributed by atoms with Crippen LogP contribution in [0.2, 0.25) is 5.02 Å². The van der Waals surface area contributed by atoms with Gasteiger partial charge in [0.05, 0.1) is 5.41 Å². The molecule has 0 bridgehead atoms. The van der Waals surface area contributed by atoms with Gasteiger partial charge in [-0.3, -0.25) is 9.59 Å². The first kappa shape index (κ1) is 18.2. The number of esters is 1. The van der Waals surface area contributed by atoms with Gasteiger partial charge in [0.2, 0.25) is 0 Å². The summed E-state index contributed by atoms with van der Waals surface area (Å²) in [5, 5.41) is 0.652. The number of halogens is 1. The number of hydrogen-bond donors (Lipinski definition) is 0. The monoisotopic (exact) mass is 363 g/mol. The van der Waals surface area contributed by atoms with Crippen molar-refractivity contribution in [3.8, 4) is 0 Å². The standard InChI is InChI=1S/C20H26ClNO3/c1-15-5-4-12-22(13-15)18(23)14-25-19(24)20(10-2-3-11-20)16-6-8-17(21)9-7-16/h6-9,15H,2-5,10-14H2,1H3/t15-/m1/s1. The van der Waals surface area contributed by atoms with E-state index < -0.39 is 5.41 Å². The van der Waals surface area contributed by atoms with Crippen LogP contribution in [0.15, 0.2) is 24.3 Å². The van der Waals surface area contributed by atoms with Gasteiger partial charge in [0.15, 0.2) is 6.61 Å². The largest absolute Gasteiger partial charge is 0.455 e. The van der Waals surface area contributed by atoms with E-state index in [1.807, 2.05) is 29.2 Å². The quantitative estimate of drug-likeness (QED) is 0.761. The summed E-state index contributed by atoms with van der Waals surface area (Å²) in [7, 11) is 0. The number of piperidine rings is 1. The van der Waals surface area contributed by atoms with Gasteiger partial charge >= 0.3 is 5.97 Å². The zero-order valence-corrected chi connectivity index (χ0v) is 15.6. The first-order chi connectivity index (χ1) is 12.0. The summed E-state index contributed by atoms with van der Waals surface area (Å²) in [5.41, 5.74) is 0.318. The second-order valence-corrected chi connectivity index (χ2v) is 7.90. The van der Waals surface area contributed by atoms with Gasteiger partial charge in [-0.25, -0.2) is 0 Å². The molecule has 0 N–H and O–H groups in total. The molecular weight excluding hydrogens is 338 g/mol. The van der Waals surface area contributed by atoms with Gasteiger partial charge in [0.1, 0.15) is 0 Å². The molecule has 1 amide bonds. The zero-order chi connectivity index (χ0) is 17.9. The maximum absolute atomic E-state index is 12.9. The molecule has 0 aromatic heterocycles. The predicted molar refractivity (Wildman–Crippen MR) is 97.5 cm³/mol. The van der Waals surface area contributed by atoms with Crippen LogP contribution in [0.4, 0.5) is 0 Å². The minimum absolute atomic E-state index is 0.0795. The Balaban J connectivity index is 1.65. The molecule has 1 atom stereocenters. The maximum atomic E-state index is 12.9. The van der Waals surface area contributed by atoms with Gasteiger partial charge < -0.3 is 9.64 Å². The summed E-state index contributed by atoms with van der Waals surface area (Å²) in [6.07, 6.45) is 5.70. The number of rotatable bonds is 4. The molecule has 136 valence electrons. The van der Waals surface area contributed by atoms with Gasteiger partial charge in [0, 0.05) is 18.1 Å². The highest BCUT2D eigenvalue weighted by molar-refractivity contribution is 6.30. The first-order valence-electron chi connectivity index (χ1n) is 9.22. The Kier molecular flexibility index (Phi) is 5.67. The highest BCUT2D eigenvalue weighted by atomic mass is 35.5. The maximum Gasteiger partial charge on any atom is 0.317 e. The van der Waals surface area contributed by atoms with Crippen molar-refractivity contribution in [2.24, 2.45) is 5.92 Å². The zero-order valence-electron chi connectivity index (χ0n) is 14.8. The molecule has 1 aliphatic heterocycles. The van der Waals surface area contributed by atoms with Crippen molar-refractivity contribution in [2.75, 3.05) is 19.7 Å². The number of ether oxygens (including phenoxy) is 1. The average molecular weight is 364 g/mol. The molecule has 0 spiro atoms. The highest BCUT2D eigenvalue weighted by Crippen LogP contribution is 2.42. The third kappa shape index (κ3) is 4.00. The molecule has 3 rings (SSSR count). The van der Waals surface area contributed by atoms with Gasteiger partial charge in [-0.1, -0.05) is 43.5 Å². The van der Waals surface area contributed by atoms with Crippen LogP contribution in [-0.4, -0.2) is 36.5 Å². The topological polar surface area (TPSA) is 46.6 Å². The molecule has 1 aromatic rings. The summed E-state index contributed by atoms with van der Waals surface area (Å²) < 4.78 is 5.50. The molecule has 4 nitrogen and oxygen atoms in total. The fourth-order valence-electron chi connectivity index (χ4n) is 4.13. The molecule has 25 heavy (non-hydrogen) atoms. The number of carbonyl (C=O) groups is 2. The number of carbonyl (C=O) groups excluding carboxylic acids is 2. The van der Waals surface area contributed by atoms with E-state index in [1.54, 1.807) is 0 Å². The van der Waals surface area contributed by atoms with E-state index in [2.05, 4.69) is 6.92 Å². The second-order valence-electron chi connectivity index (χ2n) is 7.46. The Bertz CT molecular complexity index is 622.